The second kappa shape index (κ2) is 5.17. The molecule has 0 saturated carbocycles. The van der Waals surface area contributed by atoms with E-state index in [1.807, 2.05) is 14.0 Å². The number of thiazole rings is 1. The molecule has 5 heteroatoms. The number of carboxylic acids is 1. The molecule has 0 amide bonds. The quantitative estimate of drug-likeness (QED) is 0.935. The Hall–Kier alpha value is -1.62. The molecule has 2 heterocycles. The molecule has 19 heavy (non-hydrogen) atoms. The number of aliphatic carboxylic acids is 1. The van der Waals surface area contributed by atoms with Gasteiger partial charge in [0.1, 0.15) is 0 Å². The summed E-state index contributed by atoms with van der Waals surface area (Å²) in [6.45, 7) is 6.09. The highest BCUT2D eigenvalue weighted by Gasteiger charge is 2.17. The Morgan fingerprint density at radius 2 is 2.11 bits per heavy atom. The Morgan fingerprint density at radius 3 is 2.63 bits per heavy atom. The van der Waals surface area contributed by atoms with Crippen molar-refractivity contribution in [3.8, 4) is 11.3 Å². The Balaban J connectivity index is 2.43. The molecule has 0 aliphatic heterocycles. The van der Waals surface area contributed by atoms with Crippen LogP contribution in [0.25, 0.3) is 11.3 Å². The van der Waals surface area contributed by atoms with Gasteiger partial charge in [-0.25, -0.2) is 4.98 Å². The minimum Gasteiger partial charge on any atom is -0.481 e. The van der Waals surface area contributed by atoms with E-state index < -0.39 is 5.97 Å². The van der Waals surface area contributed by atoms with Crippen LogP contribution in [-0.4, -0.2) is 20.6 Å². The molecule has 4 nitrogen and oxygen atoms in total. The van der Waals surface area contributed by atoms with Crippen molar-refractivity contribution in [1.82, 2.24) is 9.55 Å². The maximum absolute atomic E-state index is 10.7. The largest absolute Gasteiger partial charge is 0.481 e. The van der Waals surface area contributed by atoms with E-state index in [0.717, 1.165) is 21.1 Å². The number of carboxylic acid groups (broad SMARTS) is 1. The summed E-state index contributed by atoms with van der Waals surface area (Å²) < 4.78 is 2.13. The van der Waals surface area contributed by atoms with E-state index >= 15 is 0 Å². The smallest absolute Gasteiger partial charge is 0.303 e. The first-order valence-electron chi connectivity index (χ1n) is 6.21. The third-order valence-electron chi connectivity index (χ3n) is 3.40. The second-order valence-corrected chi connectivity index (χ2v) is 6.03. The van der Waals surface area contributed by atoms with Gasteiger partial charge in [0.25, 0.3) is 0 Å². The first-order valence-corrected chi connectivity index (χ1v) is 7.03. The van der Waals surface area contributed by atoms with E-state index in [4.69, 9.17) is 5.11 Å². The average molecular weight is 278 g/mol. The lowest BCUT2D eigenvalue weighted by atomic mass is 10.1. The Labute approximate surface area is 116 Å². The third-order valence-corrected chi connectivity index (χ3v) is 4.43. The zero-order valence-electron chi connectivity index (χ0n) is 11.6. The first-order chi connectivity index (χ1) is 8.90. The third kappa shape index (κ3) is 2.71. The van der Waals surface area contributed by atoms with Gasteiger partial charge in [-0.15, -0.1) is 11.3 Å². The van der Waals surface area contributed by atoms with Gasteiger partial charge in [-0.2, -0.15) is 0 Å². The molecule has 2 rings (SSSR count). The van der Waals surface area contributed by atoms with Crippen molar-refractivity contribution >= 4 is 17.3 Å². The number of rotatable bonds is 4. The maximum atomic E-state index is 10.7. The van der Waals surface area contributed by atoms with Gasteiger partial charge in [0.05, 0.1) is 17.1 Å². The molecular formula is C14H18N2O2S. The van der Waals surface area contributed by atoms with Gasteiger partial charge in [0.2, 0.25) is 0 Å². The van der Waals surface area contributed by atoms with Crippen LogP contribution in [0.2, 0.25) is 0 Å². The fraction of sp³-hybridized carbons (Fsp3) is 0.429. The van der Waals surface area contributed by atoms with Crippen molar-refractivity contribution in [2.24, 2.45) is 7.05 Å². The van der Waals surface area contributed by atoms with Gasteiger partial charge in [-0.1, -0.05) is 0 Å². The summed E-state index contributed by atoms with van der Waals surface area (Å²) in [6.07, 6.45) is 0.697. The van der Waals surface area contributed by atoms with E-state index in [1.54, 1.807) is 11.3 Å². The van der Waals surface area contributed by atoms with E-state index in [0.29, 0.717) is 6.42 Å². The molecule has 0 spiro atoms. The molecule has 0 unspecified atom stereocenters. The van der Waals surface area contributed by atoms with Gasteiger partial charge in [0.15, 0.2) is 0 Å². The highest BCUT2D eigenvalue weighted by molar-refractivity contribution is 7.12. The summed E-state index contributed by atoms with van der Waals surface area (Å²) in [4.78, 5) is 16.4. The molecule has 0 atom stereocenters. The van der Waals surface area contributed by atoms with Crippen LogP contribution in [0.3, 0.4) is 0 Å². The lowest BCUT2D eigenvalue weighted by Crippen LogP contribution is -1.98. The average Bonchev–Trinajstić information content (AvgIpc) is 2.82. The standard InChI is InChI=1S/C14H18N2O2S/c1-8-7-11(9(2)16(8)4)14-12(5-6-13(17)18)19-10(3)15-14/h7H,5-6H2,1-4H3,(H,17,18). The molecule has 0 bridgehead atoms. The number of aryl methyl sites for hydroxylation is 3. The summed E-state index contributed by atoms with van der Waals surface area (Å²) in [5.41, 5.74) is 4.41. The highest BCUT2D eigenvalue weighted by atomic mass is 32.1. The Kier molecular flexibility index (Phi) is 3.75. The van der Waals surface area contributed by atoms with Gasteiger partial charge in [0, 0.05) is 28.9 Å². The number of nitrogens with zero attached hydrogens (tertiary/aromatic N) is 2. The molecule has 0 aliphatic carbocycles. The summed E-state index contributed by atoms with van der Waals surface area (Å²) >= 11 is 1.59. The fourth-order valence-electron chi connectivity index (χ4n) is 2.16. The number of hydrogen-bond donors (Lipinski definition) is 1. The minimum atomic E-state index is -0.766. The topological polar surface area (TPSA) is 55.1 Å². The minimum absolute atomic E-state index is 0.152. The summed E-state index contributed by atoms with van der Waals surface area (Å²) in [7, 11) is 2.03. The monoisotopic (exact) mass is 278 g/mol. The predicted molar refractivity (Wildman–Crippen MR) is 76.7 cm³/mol. The number of hydrogen-bond acceptors (Lipinski definition) is 3. The molecule has 2 aromatic heterocycles. The lowest BCUT2D eigenvalue weighted by molar-refractivity contribution is -0.136. The molecule has 0 saturated heterocycles. The molecule has 102 valence electrons. The molecule has 1 N–H and O–H groups in total. The van der Waals surface area contributed by atoms with Crippen molar-refractivity contribution in [2.45, 2.75) is 33.6 Å². The maximum Gasteiger partial charge on any atom is 0.303 e. The van der Waals surface area contributed by atoms with Gasteiger partial charge in [-0.05, 0) is 33.3 Å². The summed E-state index contributed by atoms with van der Waals surface area (Å²) in [5.74, 6) is -0.766. The molecular weight excluding hydrogens is 260 g/mol. The van der Waals surface area contributed by atoms with Crippen LogP contribution in [0.15, 0.2) is 6.07 Å². The van der Waals surface area contributed by atoms with Crippen LogP contribution in [-0.2, 0) is 18.3 Å². The second-order valence-electron chi connectivity index (χ2n) is 4.74. The van der Waals surface area contributed by atoms with Gasteiger partial charge < -0.3 is 9.67 Å². The predicted octanol–water partition coefficient (Wildman–Crippen LogP) is 3.09. The van der Waals surface area contributed by atoms with Crippen molar-refractivity contribution in [1.29, 1.82) is 0 Å². The van der Waals surface area contributed by atoms with Crippen molar-refractivity contribution in [3.63, 3.8) is 0 Å². The van der Waals surface area contributed by atoms with Crippen LogP contribution >= 0.6 is 11.3 Å². The number of carbonyl (C=O) groups is 1. The molecule has 0 aromatic carbocycles. The van der Waals surface area contributed by atoms with Gasteiger partial charge >= 0.3 is 5.97 Å². The van der Waals surface area contributed by atoms with Crippen LogP contribution < -0.4 is 0 Å². The van der Waals surface area contributed by atoms with Crippen LogP contribution in [0, 0.1) is 20.8 Å². The molecule has 0 radical (unpaired) electrons. The number of aromatic nitrogens is 2. The summed E-state index contributed by atoms with van der Waals surface area (Å²) in [6, 6.07) is 2.12. The SMILES string of the molecule is Cc1nc(-c2cc(C)n(C)c2C)c(CCC(=O)O)s1. The molecule has 0 fully saturated rings. The highest BCUT2D eigenvalue weighted by Crippen LogP contribution is 2.32. The zero-order valence-corrected chi connectivity index (χ0v) is 12.5. The van der Waals surface area contributed by atoms with Crippen LogP contribution in [0.5, 0.6) is 0 Å². The van der Waals surface area contributed by atoms with Gasteiger partial charge in [-0.3, -0.25) is 4.79 Å². The van der Waals surface area contributed by atoms with Crippen molar-refractivity contribution in [3.05, 3.63) is 27.3 Å². The Bertz CT molecular complexity index is 626. The zero-order chi connectivity index (χ0) is 14.2. The summed E-state index contributed by atoms with van der Waals surface area (Å²) in [5, 5.41) is 9.81. The first kappa shape index (κ1) is 13.8. The van der Waals surface area contributed by atoms with E-state index in [2.05, 4.69) is 29.5 Å². The van der Waals surface area contributed by atoms with Crippen molar-refractivity contribution < 1.29 is 9.90 Å². The van der Waals surface area contributed by atoms with Crippen LogP contribution in [0.1, 0.15) is 27.7 Å². The fourth-order valence-corrected chi connectivity index (χ4v) is 3.11. The van der Waals surface area contributed by atoms with E-state index in [9.17, 15) is 4.79 Å². The van der Waals surface area contributed by atoms with Crippen LogP contribution in [0.4, 0.5) is 0 Å². The lowest BCUT2D eigenvalue weighted by Gasteiger charge is -2.02. The van der Waals surface area contributed by atoms with E-state index in [1.165, 1.54) is 11.4 Å². The molecule has 2 aromatic rings. The molecule has 0 aliphatic rings. The Morgan fingerprint density at radius 1 is 1.42 bits per heavy atom. The van der Waals surface area contributed by atoms with Crippen molar-refractivity contribution in [2.75, 3.05) is 0 Å². The van der Waals surface area contributed by atoms with E-state index in [-0.39, 0.29) is 6.42 Å². The normalized spacial score (nSPS) is 10.9.